The van der Waals surface area contributed by atoms with Gasteiger partial charge >= 0.3 is 0 Å². The van der Waals surface area contributed by atoms with Gasteiger partial charge in [-0.15, -0.1) is 0 Å². The molecule has 0 aliphatic rings. The number of anilines is 1. The van der Waals surface area contributed by atoms with Gasteiger partial charge in [0.15, 0.2) is 0 Å². The van der Waals surface area contributed by atoms with Crippen molar-refractivity contribution in [3.63, 3.8) is 0 Å². The summed E-state index contributed by atoms with van der Waals surface area (Å²) in [4.78, 5) is 12.5. The van der Waals surface area contributed by atoms with Gasteiger partial charge in [-0.2, -0.15) is 5.26 Å². The Labute approximate surface area is 146 Å². The molecule has 0 atom stereocenters. The molecule has 4 nitrogen and oxygen atoms in total. The standard InChI is InChI=1S/C21H16N2O2/c1-25-20-12-5-3-8-16(20)13-17(14-22)21(24)23-19-11-6-9-15-7-2-4-10-18(15)19/h2-13H,1H3,(H,23,24)/b17-13+. The number of hydrogen-bond acceptors (Lipinski definition) is 3. The highest BCUT2D eigenvalue weighted by Crippen LogP contribution is 2.24. The van der Waals surface area contributed by atoms with Crippen LogP contribution in [0.2, 0.25) is 0 Å². The molecule has 0 aliphatic carbocycles. The van der Waals surface area contributed by atoms with Gasteiger partial charge in [-0.25, -0.2) is 0 Å². The van der Waals surface area contributed by atoms with Gasteiger partial charge in [0.2, 0.25) is 0 Å². The van der Waals surface area contributed by atoms with Gasteiger partial charge in [0, 0.05) is 16.6 Å². The maximum Gasteiger partial charge on any atom is 0.266 e. The molecule has 0 saturated carbocycles. The van der Waals surface area contributed by atoms with Crippen molar-refractivity contribution in [3.05, 3.63) is 77.9 Å². The third-order valence-electron chi connectivity index (χ3n) is 3.84. The Balaban J connectivity index is 1.93. The first kappa shape index (κ1) is 16.3. The number of benzene rings is 3. The van der Waals surface area contributed by atoms with Crippen LogP contribution in [-0.2, 0) is 4.79 Å². The van der Waals surface area contributed by atoms with Crippen molar-refractivity contribution in [2.75, 3.05) is 12.4 Å². The van der Waals surface area contributed by atoms with Crippen LogP contribution in [0.3, 0.4) is 0 Å². The third kappa shape index (κ3) is 3.51. The highest BCUT2D eigenvalue weighted by molar-refractivity contribution is 6.13. The summed E-state index contributed by atoms with van der Waals surface area (Å²) in [5.41, 5.74) is 1.36. The number of nitriles is 1. The number of fused-ring (bicyclic) bond motifs is 1. The fourth-order valence-corrected chi connectivity index (χ4v) is 2.61. The fraction of sp³-hybridized carbons (Fsp3) is 0.0476. The Kier molecular flexibility index (Phi) is 4.77. The van der Waals surface area contributed by atoms with Crippen molar-refractivity contribution in [3.8, 4) is 11.8 Å². The van der Waals surface area contributed by atoms with Crippen molar-refractivity contribution >= 4 is 28.4 Å². The highest BCUT2D eigenvalue weighted by atomic mass is 16.5. The zero-order valence-corrected chi connectivity index (χ0v) is 13.7. The molecule has 0 saturated heterocycles. The lowest BCUT2D eigenvalue weighted by Gasteiger charge is -2.09. The zero-order valence-electron chi connectivity index (χ0n) is 13.7. The number of rotatable bonds is 4. The van der Waals surface area contributed by atoms with E-state index in [0.717, 1.165) is 10.8 Å². The molecule has 25 heavy (non-hydrogen) atoms. The van der Waals surface area contributed by atoms with E-state index in [0.29, 0.717) is 17.0 Å². The minimum absolute atomic E-state index is 0.0115. The van der Waals surface area contributed by atoms with Crippen molar-refractivity contribution in [1.29, 1.82) is 5.26 Å². The maximum atomic E-state index is 12.5. The predicted molar refractivity (Wildman–Crippen MR) is 99.2 cm³/mol. The second-order valence-electron chi connectivity index (χ2n) is 5.39. The van der Waals surface area contributed by atoms with E-state index in [-0.39, 0.29) is 5.57 Å². The molecule has 3 rings (SSSR count). The van der Waals surface area contributed by atoms with E-state index in [2.05, 4.69) is 5.32 Å². The van der Waals surface area contributed by atoms with Gasteiger partial charge in [-0.05, 0) is 23.6 Å². The monoisotopic (exact) mass is 328 g/mol. The molecule has 0 fully saturated rings. The minimum Gasteiger partial charge on any atom is -0.496 e. The van der Waals surface area contributed by atoms with Crippen LogP contribution in [0.5, 0.6) is 5.75 Å². The molecule has 0 aliphatic heterocycles. The Morgan fingerprint density at radius 1 is 1.04 bits per heavy atom. The summed E-state index contributed by atoms with van der Waals surface area (Å²) >= 11 is 0. The van der Waals surface area contributed by atoms with Gasteiger partial charge in [0.25, 0.3) is 5.91 Å². The lowest BCUT2D eigenvalue weighted by molar-refractivity contribution is -0.112. The van der Waals surface area contributed by atoms with E-state index in [4.69, 9.17) is 4.74 Å². The van der Waals surface area contributed by atoms with Gasteiger partial charge in [-0.1, -0.05) is 54.6 Å². The molecule has 3 aromatic carbocycles. The Morgan fingerprint density at radius 3 is 2.56 bits per heavy atom. The highest BCUT2D eigenvalue weighted by Gasteiger charge is 2.12. The lowest BCUT2D eigenvalue weighted by atomic mass is 10.1. The summed E-state index contributed by atoms with van der Waals surface area (Å²) in [6, 6.07) is 22.6. The van der Waals surface area contributed by atoms with Crippen LogP contribution in [-0.4, -0.2) is 13.0 Å². The first-order valence-electron chi connectivity index (χ1n) is 7.77. The molecular weight excluding hydrogens is 312 g/mol. The van der Waals surface area contributed by atoms with E-state index >= 15 is 0 Å². The summed E-state index contributed by atoms with van der Waals surface area (Å²) in [6.45, 7) is 0. The zero-order chi connectivity index (χ0) is 17.6. The van der Waals surface area contributed by atoms with Crippen LogP contribution in [0, 0.1) is 11.3 Å². The molecule has 4 heteroatoms. The molecule has 0 bridgehead atoms. The molecule has 0 radical (unpaired) electrons. The largest absolute Gasteiger partial charge is 0.496 e. The maximum absolute atomic E-state index is 12.5. The van der Waals surface area contributed by atoms with Gasteiger partial charge in [0.05, 0.1) is 7.11 Å². The topological polar surface area (TPSA) is 62.1 Å². The van der Waals surface area contributed by atoms with Gasteiger partial charge < -0.3 is 10.1 Å². The lowest BCUT2D eigenvalue weighted by Crippen LogP contribution is -2.13. The van der Waals surface area contributed by atoms with E-state index in [1.54, 1.807) is 19.2 Å². The SMILES string of the molecule is COc1ccccc1/C=C(\C#N)C(=O)Nc1cccc2ccccc12. The smallest absolute Gasteiger partial charge is 0.266 e. The Morgan fingerprint density at radius 2 is 1.76 bits per heavy atom. The number of ether oxygens (including phenoxy) is 1. The summed E-state index contributed by atoms with van der Waals surface area (Å²) < 4.78 is 5.26. The number of nitrogens with zero attached hydrogens (tertiary/aromatic N) is 1. The van der Waals surface area contributed by atoms with Crippen LogP contribution in [0.4, 0.5) is 5.69 Å². The van der Waals surface area contributed by atoms with E-state index in [9.17, 15) is 10.1 Å². The van der Waals surface area contributed by atoms with Crippen LogP contribution in [0.15, 0.2) is 72.3 Å². The molecule has 1 amide bonds. The minimum atomic E-state index is -0.454. The van der Waals surface area contributed by atoms with Crippen molar-refractivity contribution < 1.29 is 9.53 Å². The summed E-state index contributed by atoms with van der Waals surface area (Å²) in [5.74, 6) is 0.151. The van der Waals surface area contributed by atoms with E-state index < -0.39 is 5.91 Å². The van der Waals surface area contributed by atoms with E-state index in [1.165, 1.54) is 6.08 Å². The van der Waals surface area contributed by atoms with Gasteiger partial charge in [0.1, 0.15) is 17.4 Å². The molecule has 122 valence electrons. The van der Waals surface area contributed by atoms with Crippen molar-refractivity contribution in [2.24, 2.45) is 0 Å². The predicted octanol–water partition coefficient (Wildman–Crippen LogP) is 4.39. The number of nitrogens with one attached hydrogen (secondary N) is 1. The number of hydrogen-bond donors (Lipinski definition) is 1. The number of carbonyl (C=O) groups is 1. The number of carbonyl (C=O) groups excluding carboxylic acids is 1. The van der Waals surface area contributed by atoms with E-state index in [1.807, 2.05) is 60.7 Å². The van der Waals surface area contributed by atoms with Crippen LogP contribution in [0.1, 0.15) is 5.56 Å². The molecule has 0 unspecified atom stereocenters. The summed E-state index contributed by atoms with van der Waals surface area (Å²) in [7, 11) is 1.55. The summed E-state index contributed by atoms with van der Waals surface area (Å²) in [6.07, 6.45) is 1.53. The first-order chi connectivity index (χ1) is 12.2. The fourth-order valence-electron chi connectivity index (χ4n) is 2.61. The molecule has 0 heterocycles. The molecule has 0 spiro atoms. The molecule has 3 aromatic rings. The molecule has 1 N–H and O–H groups in total. The quantitative estimate of drug-likeness (QED) is 0.570. The van der Waals surface area contributed by atoms with Gasteiger partial charge in [-0.3, -0.25) is 4.79 Å². The summed E-state index contributed by atoms with van der Waals surface area (Å²) in [5, 5.41) is 14.2. The molecular formula is C21H16N2O2. The van der Waals surface area contributed by atoms with Crippen molar-refractivity contribution in [2.45, 2.75) is 0 Å². The third-order valence-corrected chi connectivity index (χ3v) is 3.84. The second kappa shape index (κ2) is 7.33. The number of amides is 1. The Bertz CT molecular complexity index is 995. The van der Waals surface area contributed by atoms with Crippen LogP contribution >= 0.6 is 0 Å². The second-order valence-corrected chi connectivity index (χ2v) is 5.39. The average molecular weight is 328 g/mol. The van der Waals surface area contributed by atoms with Crippen molar-refractivity contribution in [1.82, 2.24) is 0 Å². The molecule has 0 aromatic heterocycles. The first-order valence-corrected chi connectivity index (χ1v) is 7.77. The number of para-hydroxylation sites is 1. The van der Waals surface area contributed by atoms with Crippen LogP contribution in [0.25, 0.3) is 16.8 Å². The Hall–Kier alpha value is -3.58. The number of methoxy groups -OCH3 is 1. The average Bonchev–Trinajstić information content (AvgIpc) is 2.66. The normalized spacial score (nSPS) is 11.0. The van der Waals surface area contributed by atoms with Crippen LogP contribution < -0.4 is 10.1 Å².